The Balaban J connectivity index is 1.53. The molecule has 0 radical (unpaired) electrons. The number of rotatable bonds is 4. The number of fused-ring (bicyclic) bond motifs is 1. The minimum absolute atomic E-state index is 0.0544. The molecule has 1 unspecified atom stereocenters. The zero-order chi connectivity index (χ0) is 19.7. The Bertz CT molecular complexity index is 1110. The molecule has 1 aliphatic rings. The fourth-order valence-electron chi connectivity index (χ4n) is 3.56. The minimum atomic E-state index is -0.389. The Morgan fingerprint density at radius 3 is 2.82 bits per heavy atom. The van der Waals surface area contributed by atoms with Gasteiger partial charge in [-0.05, 0) is 59.2 Å². The molecule has 0 N–H and O–H groups in total. The number of hydrogen-bond donors (Lipinski definition) is 0. The molecule has 0 saturated carbocycles. The van der Waals surface area contributed by atoms with Crippen molar-refractivity contribution < 1.29 is 18.7 Å². The molecular formula is C22H20FNO4. The lowest BCUT2D eigenvalue weighted by Crippen LogP contribution is -2.19. The van der Waals surface area contributed by atoms with Crippen LogP contribution in [0.2, 0.25) is 0 Å². The van der Waals surface area contributed by atoms with E-state index in [9.17, 15) is 14.0 Å². The maximum Gasteiger partial charge on any atom is 0.306 e. The summed E-state index contributed by atoms with van der Waals surface area (Å²) in [5, 5.41) is 0.934. The summed E-state index contributed by atoms with van der Waals surface area (Å²) in [5.74, 6) is -0.274. The Morgan fingerprint density at radius 1 is 1.14 bits per heavy atom. The Hall–Kier alpha value is -3.15. The monoisotopic (exact) mass is 381 g/mol. The van der Waals surface area contributed by atoms with Gasteiger partial charge >= 0.3 is 5.97 Å². The molecule has 1 fully saturated rings. The maximum absolute atomic E-state index is 14.1. The van der Waals surface area contributed by atoms with E-state index in [4.69, 9.17) is 9.47 Å². The van der Waals surface area contributed by atoms with Gasteiger partial charge in [0.15, 0.2) is 0 Å². The molecule has 0 amide bonds. The van der Waals surface area contributed by atoms with Gasteiger partial charge in [-0.2, -0.15) is 0 Å². The van der Waals surface area contributed by atoms with Crippen molar-refractivity contribution in [1.29, 1.82) is 0 Å². The van der Waals surface area contributed by atoms with Crippen LogP contribution in [0.1, 0.15) is 29.9 Å². The summed E-state index contributed by atoms with van der Waals surface area (Å²) in [7, 11) is 1.73. The van der Waals surface area contributed by atoms with Crippen molar-refractivity contribution in [1.82, 2.24) is 4.57 Å². The van der Waals surface area contributed by atoms with Crippen molar-refractivity contribution in [2.75, 3.05) is 6.61 Å². The van der Waals surface area contributed by atoms with Gasteiger partial charge in [-0.1, -0.05) is 6.07 Å². The van der Waals surface area contributed by atoms with E-state index in [0.29, 0.717) is 18.8 Å². The zero-order valence-corrected chi connectivity index (χ0v) is 15.5. The average molecular weight is 381 g/mol. The van der Waals surface area contributed by atoms with E-state index in [1.54, 1.807) is 23.7 Å². The number of pyridine rings is 1. The van der Waals surface area contributed by atoms with E-state index in [-0.39, 0.29) is 36.3 Å². The normalized spacial score (nSPS) is 16.8. The van der Waals surface area contributed by atoms with Crippen LogP contribution >= 0.6 is 0 Å². The van der Waals surface area contributed by atoms with Crippen LogP contribution in [0.15, 0.2) is 53.3 Å². The predicted molar refractivity (Wildman–Crippen MR) is 103 cm³/mol. The first kappa shape index (κ1) is 18.2. The highest BCUT2D eigenvalue weighted by molar-refractivity contribution is 5.79. The summed E-state index contributed by atoms with van der Waals surface area (Å²) in [5.41, 5.74) is 2.45. The number of carbonyl (C=O) groups excluding carboxylic acids is 1. The predicted octanol–water partition coefficient (Wildman–Crippen LogP) is 3.68. The zero-order valence-electron chi connectivity index (χ0n) is 15.5. The fourth-order valence-corrected chi connectivity index (χ4v) is 3.56. The molecule has 2 aromatic carbocycles. The number of esters is 1. The standard InChI is InChI=1S/C22H20FNO4/c1-24-20-4-2-14(8-16(20)3-5-21(24)25)13-28-19-10-17(9-18(23)12-19)15-6-7-27-22(26)11-15/h2-5,8-10,12,15H,6-7,11,13H2,1H3. The molecule has 6 heteroatoms. The second-order valence-corrected chi connectivity index (χ2v) is 7.04. The first-order chi connectivity index (χ1) is 13.5. The molecule has 4 rings (SSSR count). The van der Waals surface area contributed by atoms with Crippen molar-refractivity contribution in [3.05, 3.63) is 75.8 Å². The van der Waals surface area contributed by atoms with Crippen LogP contribution in [0, 0.1) is 5.82 Å². The fraction of sp³-hybridized carbons (Fsp3) is 0.273. The lowest BCUT2D eigenvalue weighted by atomic mass is 9.91. The number of hydrogen-bond acceptors (Lipinski definition) is 4. The van der Waals surface area contributed by atoms with Crippen molar-refractivity contribution in [2.24, 2.45) is 7.05 Å². The quantitative estimate of drug-likeness (QED) is 0.647. The number of cyclic esters (lactones) is 1. The van der Waals surface area contributed by atoms with Crippen molar-refractivity contribution in [2.45, 2.75) is 25.4 Å². The van der Waals surface area contributed by atoms with Gasteiger partial charge in [0.25, 0.3) is 5.56 Å². The van der Waals surface area contributed by atoms with Crippen LogP contribution in [0.25, 0.3) is 10.9 Å². The summed E-state index contributed by atoms with van der Waals surface area (Å²) in [6.45, 7) is 0.629. The molecule has 144 valence electrons. The number of ether oxygens (including phenoxy) is 2. The van der Waals surface area contributed by atoms with E-state index in [1.165, 1.54) is 18.2 Å². The molecule has 3 aromatic rings. The smallest absolute Gasteiger partial charge is 0.306 e. The molecule has 28 heavy (non-hydrogen) atoms. The Kier molecular flexibility index (Phi) is 4.86. The third kappa shape index (κ3) is 3.76. The Labute approximate surface area is 161 Å². The van der Waals surface area contributed by atoms with Gasteiger partial charge in [-0.3, -0.25) is 9.59 Å². The Morgan fingerprint density at radius 2 is 2.00 bits per heavy atom. The molecule has 1 saturated heterocycles. The topological polar surface area (TPSA) is 57.5 Å². The third-order valence-corrected chi connectivity index (χ3v) is 5.10. The van der Waals surface area contributed by atoms with Crippen LogP contribution < -0.4 is 10.3 Å². The molecule has 0 aliphatic carbocycles. The van der Waals surface area contributed by atoms with Crippen molar-refractivity contribution in [3.8, 4) is 5.75 Å². The maximum atomic E-state index is 14.1. The largest absolute Gasteiger partial charge is 0.489 e. The van der Waals surface area contributed by atoms with Crippen LogP contribution in [-0.2, 0) is 23.2 Å². The van der Waals surface area contributed by atoms with E-state index < -0.39 is 0 Å². The number of aromatic nitrogens is 1. The molecule has 5 nitrogen and oxygen atoms in total. The summed E-state index contributed by atoms with van der Waals surface area (Å²) < 4.78 is 26.4. The first-order valence-electron chi connectivity index (χ1n) is 9.17. The number of carbonyl (C=O) groups is 1. The highest BCUT2D eigenvalue weighted by Crippen LogP contribution is 2.31. The number of benzene rings is 2. The van der Waals surface area contributed by atoms with Crippen LogP contribution in [-0.4, -0.2) is 17.1 Å². The second kappa shape index (κ2) is 7.46. The molecular weight excluding hydrogens is 361 g/mol. The van der Waals surface area contributed by atoms with Gasteiger partial charge in [0.05, 0.1) is 18.5 Å². The number of nitrogens with zero attached hydrogens (tertiary/aromatic N) is 1. The molecule has 2 heterocycles. The van der Waals surface area contributed by atoms with Crippen LogP contribution in [0.4, 0.5) is 4.39 Å². The first-order valence-corrected chi connectivity index (χ1v) is 9.17. The van der Waals surface area contributed by atoms with E-state index in [2.05, 4.69) is 0 Å². The average Bonchev–Trinajstić information content (AvgIpc) is 2.69. The minimum Gasteiger partial charge on any atom is -0.489 e. The van der Waals surface area contributed by atoms with Crippen LogP contribution in [0.3, 0.4) is 0 Å². The highest BCUT2D eigenvalue weighted by atomic mass is 19.1. The molecule has 1 aliphatic heterocycles. The van der Waals surface area contributed by atoms with Gasteiger partial charge < -0.3 is 14.0 Å². The van der Waals surface area contributed by atoms with E-state index >= 15 is 0 Å². The van der Waals surface area contributed by atoms with Crippen LogP contribution in [0.5, 0.6) is 5.75 Å². The van der Waals surface area contributed by atoms with Crippen molar-refractivity contribution >= 4 is 16.9 Å². The van der Waals surface area contributed by atoms with Gasteiger partial charge in [-0.25, -0.2) is 4.39 Å². The molecule has 0 spiro atoms. The lowest BCUT2D eigenvalue weighted by molar-refractivity contribution is -0.147. The van der Waals surface area contributed by atoms with E-state index in [1.807, 2.05) is 18.2 Å². The van der Waals surface area contributed by atoms with Gasteiger partial charge in [-0.15, -0.1) is 0 Å². The van der Waals surface area contributed by atoms with Gasteiger partial charge in [0.1, 0.15) is 18.2 Å². The summed E-state index contributed by atoms with van der Waals surface area (Å²) in [6.07, 6.45) is 0.935. The van der Waals surface area contributed by atoms with E-state index in [0.717, 1.165) is 22.0 Å². The van der Waals surface area contributed by atoms with Crippen molar-refractivity contribution in [3.63, 3.8) is 0 Å². The second-order valence-electron chi connectivity index (χ2n) is 7.04. The van der Waals surface area contributed by atoms with Gasteiger partial charge in [0, 0.05) is 19.2 Å². The SMILES string of the molecule is Cn1c(=O)ccc2cc(COc3cc(F)cc(C4CCOC(=O)C4)c3)ccc21. The summed E-state index contributed by atoms with van der Waals surface area (Å²) >= 11 is 0. The molecule has 1 atom stereocenters. The highest BCUT2D eigenvalue weighted by Gasteiger charge is 2.23. The summed E-state index contributed by atoms with van der Waals surface area (Å²) in [6, 6.07) is 13.6. The number of halogens is 1. The third-order valence-electron chi connectivity index (χ3n) is 5.10. The lowest BCUT2D eigenvalue weighted by Gasteiger charge is -2.22. The number of aryl methyl sites for hydroxylation is 1. The van der Waals surface area contributed by atoms with Gasteiger partial charge in [0.2, 0.25) is 0 Å². The summed E-state index contributed by atoms with van der Waals surface area (Å²) in [4.78, 5) is 23.2. The molecule has 1 aromatic heterocycles. The molecule has 0 bridgehead atoms.